The Balaban J connectivity index is 1.21. The molecule has 0 atom stereocenters. The van der Waals surface area contributed by atoms with Gasteiger partial charge in [0, 0.05) is 22.3 Å². The highest BCUT2D eigenvalue weighted by atomic mass is 16.3. The fourth-order valence-electron chi connectivity index (χ4n) is 8.38. The second-order valence-corrected chi connectivity index (χ2v) is 13.7. The third kappa shape index (κ3) is 4.38. The Hall–Kier alpha value is -6.90. The standard InChI is InChI=1S/C50H31NO/c1-6-16-41-32(10-1)13-9-18-44(41)45-28-29-47(49-46-17-7-8-19-48(46)52-50(45)49)51(37-24-26-42-35(30-37)22-20-33-11-2-4-14-39(33)42)38-25-27-43-36(31-38)23-21-34-12-3-5-15-40(34)43/h1-31H. The lowest BCUT2D eigenvalue weighted by molar-refractivity contribution is 0.670. The van der Waals surface area contributed by atoms with Gasteiger partial charge in [-0.15, -0.1) is 0 Å². The van der Waals surface area contributed by atoms with Crippen LogP contribution in [0.3, 0.4) is 0 Å². The zero-order chi connectivity index (χ0) is 34.2. The summed E-state index contributed by atoms with van der Waals surface area (Å²) < 4.78 is 6.86. The van der Waals surface area contributed by atoms with Crippen molar-refractivity contribution < 1.29 is 4.42 Å². The highest BCUT2D eigenvalue weighted by molar-refractivity contribution is 6.19. The summed E-state index contributed by atoms with van der Waals surface area (Å²) in [6.07, 6.45) is 0. The topological polar surface area (TPSA) is 16.4 Å². The molecule has 0 aliphatic carbocycles. The van der Waals surface area contributed by atoms with E-state index < -0.39 is 0 Å². The first-order valence-electron chi connectivity index (χ1n) is 17.8. The van der Waals surface area contributed by atoms with Gasteiger partial charge in [0.05, 0.1) is 11.1 Å². The molecule has 0 N–H and O–H groups in total. The maximum atomic E-state index is 6.86. The molecule has 0 aliphatic heterocycles. The fourth-order valence-corrected chi connectivity index (χ4v) is 8.38. The quantitative estimate of drug-likeness (QED) is 0.175. The molecule has 52 heavy (non-hydrogen) atoms. The van der Waals surface area contributed by atoms with Gasteiger partial charge < -0.3 is 9.32 Å². The van der Waals surface area contributed by atoms with Gasteiger partial charge in [0.1, 0.15) is 11.2 Å². The van der Waals surface area contributed by atoms with E-state index in [1.165, 1.54) is 53.9 Å². The van der Waals surface area contributed by atoms with Crippen molar-refractivity contribution in [2.45, 2.75) is 0 Å². The summed E-state index contributed by atoms with van der Waals surface area (Å²) in [6, 6.07) is 68.1. The van der Waals surface area contributed by atoms with Gasteiger partial charge in [-0.05, 0) is 102 Å². The predicted octanol–water partition coefficient (Wildman–Crippen LogP) is 14.5. The Kier molecular flexibility index (Phi) is 6.28. The summed E-state index contributed by atoms with van der Waals surface area (Å²) >= 11 is 0. The maximum Gasteiger partial charge on any atom is 0.145 e. The van der Waals surface area contributed by atoms with Gasteiger partial charge in [0.25, 0.3) is 0 Å². The van der Waals surface area contributed by atoms with Crippen molar-refractivity contribution in [1.29, 1.82) is 0 Å². The molecule has 0 fully saturated rings. The van der Waals surface area contributed by atoms with E-state index in [9.17, 15) is 0 Å². The first-order chi connectivity index (χ1) is 25.8. The largest absolute Gasteiger partial charge is 0.455 e. The number of nitrogens with zero attached hydrogens (tertiary/aromatic N) is 1. The van der Waals surface area contributed by atoms with Gasteiger partial charge in [-0.3, -0.25) is 0 Å². The Labute approximate surface area is 300 Å². The molecule has 0 saturated carbocycles. The van der Waals surface area contributed by atoms with Crippen LogP contribution in [0.1, 0.15) is 0 Å². The molecule has 242 valence electrons. The van der Waals surface area contributed by atoms with Crippen LogP contribution >= 0.6 is 0 Å². The lowest BCUT2D eigenvalue weighted by Crippen LogP contribution is -2.10. The zero-order valence-corrected chi connectivity index (χ0v) is 28.3. The molecular formula is C50H31NO. The van der Waals surface area contributed by atoms with Gasteiger partial charge in [0.2, 0.25) is 0 Å². The van der Waals surface area contributed by atoms with Crippen LogP contribution in [0.5, 0.6) is 0 Å². The van der Waals surface area contributed by atoms with E-state index in [0.29, 0.717) is 0 Å². The van der Waals surface area contributed by atoms with Crippen molar-refractivity contribution in [1.82, 2.24) is 0 Å². The molecule has 0 radical (unpaired) electrons. The Morgan fingerprint density at radius 2 is 0.827 bits per heavy atom. The van der Waals surface area contributed by atoms with Gasteiger partial charge in [0.15, 0.2) is 0 Å². The average molecular weight is 662 g/mol. The number of rotatable bonds is 4. The minimum absolute atomic E-state index is 0.876. The van der Waals surface area contributed by atoms with Crippen LogP contribution in [0.2, 0.25) is 0 Å². The van der Waals surface area contributed by atoms with Crippen molar-refractivity contribution in [2.75, 3.05) is 4.90 Å². The van der Waals surface area contributed by atoms with Crippen LogP contribution in [0.25, 0.3) is 86.9 Å². The molecular weight excluding hydrogens is 631 g/mol. The minimum atomic E-state index is 0.876. The van der Waals surface area contributed by atoms with E-state index in [1.807, 2.05) is 0 Å². The molecule has 0 saturated heterocycles. The molecule has 0 amide bonds. The molecule has 0 unspecified atom stereocenters. The van der Waals surface area contributed by atoms with E-state index in [1.54, 1.807) is 0 Å². The minimum Gasteiger partial charge on any atom is -0.455 e. The summed E-state index contributed by atoms with van der Waals surface area (Å²) in [5, 5.41) is 14.5. The fraction of sp³-hybridized carbons (Fsp3) is 0. The zero-order valence-electron chi connectivity index (χ0n) is 28.3. The summed E-state index contributed by atoms with van der Waals surface area (Å²) in [6.45, 7) is 0. The van der Waals surface area contributed by atoms with Gasteiger partial charge in [-0.25, -0.2) is 0 Å². The number of fused-ring (bicyclic) bond motifs is 10. The number of para-hydroxylation sites is 1. The first-order valence-corrected chi connectivity index (χ1v) is 17.8. The Morgan fingerprint density at radius 1 is 0.327 bits per heavy atom. The van der Waals surface area contributed by atoms with E-state index >= 15 is 0 Å². The van der Waals surface area contributed by atoms with Crippen molar-refractivity contribution in [3.63, 3.8) is 0 Å². The third-order valence-corrected chi connectivity index (χ3v) is 10.8. The summed E-state index contributed by atoms with van der Waals surface area (Å²) in [7, 11) is 0. The lowest BCUT2D eigenvalue weighted by Gasteiger charge is -2.27. The molecule has 11 rings (SSSR count). The summed E-state index contributed by atoms with van der Waals surface area (Å²) in [5.74, 6) is 0. The molecule has 0 spiro atoms. The van der Waals surface area contributed by atoms with Crippen LogP contribution in [0.4, 0.5) is 17.1 Å². The van der Waals surface area contributed by atoms with Gasteiger partial charge >= 0.3 is 0 Å². The number of benzene rings is 10. The number of furan rings is 1. The number of hydrogen-bond acceptors (Lipinski definition) is 2. The average Bonchev–Trinajstić information content (AvgIpc) is 3.61. The summed E-state index contributed by atoms with van der Waals surface area (Å²) in [4.78, 5) is 2.42. The predicted molar refractivity (Wildman–Crippen MR) is 221 cm³/mol. The highest BCUT2D eigenvalue weighted by Gasteiger charge is 2.23. The van der Waals surface area contributed by atoms with Crippen molar-refractivity contribution in [3.05, 3.63) is 188 Å². The first kappa shape index (κ1) is 28.9. The van der Waals surface area contributed by atoms with Gasteiger partial charge in [-0.1, -0.05) is 146 Å². The third-order valence-electron chi connectivity index (χ3n) is 10.8. The molecule has 2 nitrogen and oxygen atoms in total. The second kappa shape index (κ2) is 11.3. The number of hydrogen-bond donors (Lipinski definition) is 0. The van der Waals surface area contributed by atoms with Crippen LogP contribution in [-0.4, -0.2) is 0 Å². The van der Waals surface area contributed by atoms with Crippen LogP contribution in [0, 0.1) is 0 Å². The van der Waals surface area contributed by atoms with Crippen molar-refractivity contribution in [2.24, 2.45) is 0 Å². The molecule has 10 aromatic carbocycles. The lowest BCUT2D eigenvalue weighted by atomic mass is 9.95. The molecule has 1 aromatic heterocycles. The number of anilines is 3. The van der Waals surface area contributed by atoms with Crippen molar-refractivity contribution >= 4 is 92.9 Å². The highest BCUT2D eigenvalue weighted by Crippen LogP contribution is 2.48. The maximum absolute atomic E-state index is 6.86. The van der Waals surface area contributed by atoms with E-state index in [0.717, 1.165) is 50.1 Å². The molecule has 0 bridgehead atoms. The van der Waals surface area contributed by atoms with E-state index in [-0.39, 0.29) is 0 Å². The van der Waals surface area contributed by atoms with E-state index in [4.69, 9.17) is 4.42 Å². The second-order valence-electron chi connectivity index (χ2n) is 13.7. The van der Waals surface area contributed by atoms with Crippen LogP contribution in [-0.2, 0) is 0 Å². The molecule has 1 heterocycles. The molecule has 11 aromatic rings. The van der Waals surface area contributed by atoms with Crippen LogP contribution < -0.4 is 4.90 Å². The molecule has 0 aliphatic rings. The normalized spacial score (nSPS) is 11.8. The van der Waals surface area contributed by atoms with E-state index in [2.05, 4.69) is 193 Å². The van der Waals surface area contributed by atoms with Crippen molar-refractivity contribution in [3.8, 4) is 11.1 Å². The Bertz CT molecular complexity index is 3080. The Morgan fingerprint density at radius 3 is 1.48 bits per heavy atom. The smallest absolute Gasteiger partial charge is 0.145 e. The van der Waals surface area contributed by atoms with Crippen LogP contribution in [0.15, 0.2) is 192 Å². The molecule has 2 heteroatoms. The van der Waals surface area contributed by atoms with Gasteiger partial charge in [-0.2, -0.15) is 0 Å². The summed E-state index contributed by atoms with van der Waals surface area (Å²) in [5.41, 5.74) is 7.26. The monoisotopic (exact) mass is 661 g/mol. The SMILES string of the molecule is c1ccc2c(-c3ccc(N(c4ccc5c(ccc6ccccc65)c4)c4ccc5c(ccc6ccccc65)c4)c4c3oc3ccccc34)cccc2c1.